The molecule has 0 spiro atoms. The molecule has 1 N–H and O–H groups in total. The molecule has 2 heterocycles. The first kappa shape index (κ1) is 10.1. The lowest BCUT2D eigenvalue weighted by Gasteiger charge is -2.11. The average Bonchev–Trinajstić information content (AvgIpc) is 2.90. The fourth-order valence-electron chi connectivity index (χ4n) is 2.33. The van der Waals surface area contributed by atoms with E-state index >= 15 is 0 Å². The van der Waals surface area contributed by atoms with E-state index < -0.39 is 0 Å². The molecule has 4 heteroatoms. The van der Waals surface area contributed by atoms with E-state index in [1.807, 2.05) is 24.5 Å². The molecule has 84 valence electrons. The second-order valence-electron chi connectivity index (χ2n) is 4.32. The van der Waals surface area contributed by atoms with Crippen molar-refractivity contribution in [3.8, 4) is 0 Å². The summed E-state index contributed by atoms with van der Waals surface area (Å²) in [6.07, 6.45) is 4.43. The van der Waals surface area contributed by atoms with E-state index in [0.29, 0.717) is 6.04 Å². The van der Waals surface area contributed by atoms with E-state index in [9.17, 15) is 0 Å². The topological polar surface area (TPSA) is 29.9 Å². The Morgan fingerprint density at radius 3 is 3.25 bits per heavy atom. The van der Waals surface area contributed by atoms with E-state index in [2.05, 4.69) is 14.9 Å². The maximum Gasteiger partial charge on any atom is 0.0958 e. The van der Waals surface area contributed by atoms with Crippen LogP contribution >= 0.6 is 11.6 Å². The number of fused-ring (bicyclic) bond motifs is 1. The van der Waals surface area contributed by atoms with E-state index in [-0.39, 0.29) is 0 Å². The minimum Gasteiger partial charge on any atom is -0.329 e. The Morgan fingerprint density at radius 2 is 2.44 bits per heavy atom. The van der Waals surface area contributed by atoms with Crippen molar-refractivity contribution < 1.29 is 0 Å². The molecule has 1 aliphatic heterocycles. The van der Waals surface area contributed by atoms with Crippen LogP contribution in [0.4, 0.5) is 0 Å². The largest absolute Gasteiger partial charge is 0.329 e. The zero-order chi connectivity index (χ0) is 11.0. The van der Waals surface area contributed by atoms with Gasteiger partial charge in [0.15, 0.2) is 0 Å². The summed E-state index contributed by atoms with van der Waals surface area (Å²) in [5.74, 6) is 0. The third-order valence-electron chi connectivity index (χ3n) is 3.16. The Labute approximate surface area is 99.4 Å². The van der Waals surface area contributed by atoms with E-state index in [1.54, 1.807) is 0 Å². The van der Waals surface area contributed by atoms with Crippen LogP contribution in [0.15, 0.2) is 24.5 Å². The SMILES string of the molecule is Clc1ccc2ncn(CC3CCCN3)c2c1. The minimum atomic E-state index is 0.580. The van der Waals surface area contributed by atoms with Gasteiger partial charge in [-0.1, -0.05) is 11.6 Å². The predicted octanol–water partition coefficient (Wildman–Crippen LogP) is 2.44. The Morgan fingerprint density at radius 1 is 1.50 bits per heavy atom. The molecule has 3 nitrogen and oxygen atoms in total. The number of benzene rings is 1. The van der Waals surface area contributed by atoms with Crippen molar-refractivity contribution in [3.63, 3.8) is 0 Å². The molecule has 0 bridgehead atoms. The van der Waals surface area contributed by atoms with Gasteiger partial charge in [0.1, 0.15) is 0 Å². The third kappa shape index (κ3) is 1.81. The van der Waals surface area contributed by atoms with Gasteiger partial charge in [-0.25, -0.2) is 4.98 Å². The smallest absolute Gasteiger partial charge is 0.0958 e. The first-order valence-corrected chi connectivity index (χ1v) is 6.04. The zero-order valence-corrected chi connectivity index (χ0v) is 9.74. The summed E-state index contributed by atoms with van der Waals surface area (Å²) in [5, 5.41) is 4.26. The number of nitrogens with one attached hydrogen (secondary N) is 1. The van der Waals surface area contributed by atoms with Crippen LogP contribution in [0.25, 0.3) is 11.0 Å². The molecule has 16 heavy (non-hydrogen) atoms. The zero-order valence-electron chi connectivity index (χ0n) is 8.99. The van der Waals surface area contributed by atoms with Crippen molar-refractivity contribution >= 4 is 22.6 Å². The molecule has 0 saturated carbocycles. The Hall–Kier alpha value is -1.06. The molecule has 1 atom stereocenters. The molecule has 1 unspecified atom stereocenters. The van der Waals surface area contributed by atoms with Crippen molar-refractivity contribution in [2.45, 2.75) is 25.4 Å². The molecule has 1 fully saturated rings. The summed E-state index contributed by atoms with van der Waals surface area (Å²) in [6, 6.07) is 6.42. The standard InChI is InChI=1S/C12H14ClN3/c13-9-3-4-11-12(6-9)16(8-15-11)7-10-2-1-5-14-10/h3-4,6,8,10,14H,1-2,5,7H2. The van der Waals surface area contributed by atoms with Gasteiger partial charge < -0.3 is 9.88 Å². The quantitative estimate of drug-likeness (QED) is 0.867. The van der Waals surface area contributed by atoms with Crippen molar-refractivity contribution in [1.29, 1.82) is 0 Å². The van der Waals surface area contributed by atoms with E-state index in [1.165, 1.54) is 12.8 Å². The van der Waals surface area contributed by atoms with Crippen molar-refractivity contribution in [1.82, 2.24) is 14.9 Å². The van der Waals surface area contributed by atoms with Gasteiger partial charge in [-0.2, -0.15) is 0 Å². The number of hydrogen-bond donors (Lipinski definition) is 1. The maximum absolute atomic E-state index is 6.01. The van der Waals surface area contributed by atoms with Crippen molar-refractivity contribution in [2.24, 2.45) is 0 Å². The first-order valence-electron chi connectivity index (χ1n) is 5.67. The van der Waals surface area contributed by atoms with E-state index in [4.69, 9.17) is 11.6 Å². The van der Waals surface area contributed by atoms with Gasteiger partial charge in [0, 0.05) is 17.6 Å². The predicted molar refractivity (Wildman–Crippen MR) is 65.8 cm³/mol. The molecule has 1 aromatic carbocycles. The molecule has 1 saturated heterocycles. The van der Waals surface area contributed by atoms with Crippen LogP contribution in [0.5, 0.6) is 0 Å². The molecular formula is C12H14ClN3. The maximum atomic E-state index is 6.01. The van der Waals surface area contributed by atoms with Gasteiger partial charge in [0.2, 0.25) is 0 Å². The van der Waals surface area contributed by atoms with Crippen LogP contribution in [0, 0.1) is 0 Å². The number of imidazole rings is 1. The summed E-state index contributed by atoms with van der Waals surface area (Å²) in [4.78, 5) is 4.38. The number of rotatable bonds is 2. The van der Waals surface area contributed by atoms with Gasteiger partial charge in [-0.05, 0) is 37.6 Å². The van der Waals surface area contributed by atoms with Gasteiger partial charge in [-0.15, -0.1) is 0 Å². The monoisotopic (exact) mass is 235 g/mol. The second-order valence-corrected chi connectivity index (χ2v) is 4.76. The molecule has 1 aromatic heterocycles. The molecule has 2 aromatic rings. The van der Waals surface area contributed by atoms with Crippen molar-refractivity contribution in [2.75, 3.05) is 6.54 Å². The van der Waals surface area contributed by atoms with Gasteiger partial charge in [0.05, 0.1) is 17.4 Å². The summed E-state index contributed by atoms with van der Waals surface area (Å²) in [6.45, 7) is 2.12. The third-order valence-corrected chi connectivity index (χ3v) is 3.40. The van der Waals surface area contributed by atoms with Crippen molar-refractivity contribution in [3.05, 3.63) is 29.5 Å². The normalized spacial score (nSPS) is 20.7. The Bertz CT molecular complexity index is 500. The fraction of sp³-hybridized carbons (Fsp3) is 0.417. The summed E-state index contributed by atoms with van der Waals surface area (Å²) in [7, 11) is 0. The number of nitrogens with zero attached hydrogens (tertiary/aromatic N) is 2. The molecule has 1 aliphatic rings. The summed E-state index contributed by atoms with van der Waals surface area (Å²) >= 11 is 6.01. The number of hydrogen-bond acceptors (Lipinski definition) is 2. The van der Waals surface area contributed by atoms with E-state index in [0.717, 1.165) is 29.1 Å². The van der Waals surface area contributed by atoms with Crippen LogP contribution in [0.2, 0.25) is 5.02 Å². The highest BCUT2D eigenvalue weighted by Gasteiger charge is 2.15. The van der Waals surface area contributed by atoms with Crippen LogP contribution in [0.3, 0.4) is 0 Å². The van der Waals surface area contributed by atoms with Gasteiger partial charge >= 0.3 is 0 Å². The van der Waals surface area contributed by atoms with Crippen LogP contribution in [-0.4, -0.2) is 22.1 Å². The first-order chi connectivity index (χ1) is 7.83. The van der Waals surface area contributed by atoms with Crippen LogP contribution < -0.4 is 5.32 Å². The summed E-state index contributed by atoms with van der Waals surface area (Å²) in [5.41, 5.74) is 2.14. The van der Waals surface area contributed by atoms with Crippen LogP contribution in [-0.2, 0) is 6.54 Å². The lowest BCUT2D eigenvalue weighted by molar-refractivity contribution is 0.517. The van der Waals surface area contributed by atoms with Gasteiger partial charge in [-0.3, -0.25) is 0 Å². The van der Waals surface area contributed by atoms with Gasteiger partial charge in [0.25, 0.3) is 0 Å². The van der Waals surface area contributed by atoms with Crippen LogP contribution in [0.1, 0.15) is 12.8 Å². The highest BCUT2D eigenvalue weighted by atomic mass is 35.5. The molecule has 0 aliphatic carbocycles. The average molecular weight is 236 g/mol. The highest BCUT2D eigenvalue weighted by molar-refractivity contribution is 6.31. The fourth-order valence-corrected chi connectivity index (χ4v) is 2.49. The molecule has 0 radical (unpaired) electrons. The molecular weight excluding hydrogens is 222 g/mol. The summed E-state index contributed by atoms with van der Waals surface area (Å²) < 4.78 is 2.18. The number of halogens is 1. The molecule has 0 amide bonds. The number of aromatic nitrogens is 2. The second kappa shape index (κ2) is 4.07. The lowest BCUT2D eigenvalue weighted by Crippen LogP contribution is -2.26. The minimum absolute atomic E-state index is 0.580. The Kier molecular flexibility index (Phi) is 2.58. The lowest BCUT2D eigenvalue weighted by atomic mass is 10.2. The highest BCUT2D eigenvalue weighted by Crippen LogP contribution is 2.19. The molecule has 3 rings (SSSR count). The Balaban J connectivity index is 1.93.